The molecule has 10 aromatic heterocycles. The van der Waals surface area contributed by atoms with Gasteiger partial charge in [-0.2, -0.15) is 0 Å². The Morgan fingerprint density at radius 3 is 0.887 bits per heavy atom. The molecule has 21 rings (SSSR count). The Morgan fingerprint density at radius 1 is 0.210 bits per heavy atom. The van der Waals surface area contributed by atoms with E-state index in [1.165, 1.54) is 166 Å². The largest absolute Gasteiger partial charge is 0.455 e. The summed E-state index contributed by atoms with van der Waals surface area (Å²) in [6.07, 6.45) is 11.0. The first kappa shape index (κ1) is 82.5. The summed E-state index contributed by atoms with van der Waals surface area (Å²) in [7, 11) is 10.5. The number of furan rings is 5. The van der Waals surface area contributed by atoms with Crippen molar-refractivity contribution in [1.82, 2.24) is 0 Å². The van der Waals surface area contributed by atoms with Gasteiger partial charge in [-0.25, -0.2) is 22.8 Å². The van der Waals surface area contributed by atoms with Crippen LogP contribution in [-0.4, -0.2) is 0 Å². The number of rotatable bonds is 9. The number of hydrogen-bond acceptors (Lipinski definition) is 5. The molecule has 0 atom stereocenters. The standard InChI is InChI=1S/C25H20NO.2C23H24NO.C22H22NO.C21H20NO/c1-17-12-13-21-20-10-6-7-11-23(20)27-25(21)24(17)22-16-19(14-15-26(22)2)18-8-4-3-5-9-18;1-14(2)19-12-20(24(5)13-16(19)4)22-15(3)10-11-18-17-8-6-7-9-21(17)25-23(18)22;1-14(2)19-13-24(5)20(12-16(19)4)22-15(3)10-11-18-17-8-6-7-9-21(17)25-23(18)22;1-14(2)16-10-12-19(23(4)13-16)21-15(3)9-11-18-17-7-5-6-8-20(17)24-22(18)21;1-13-9-10-17-16-7-5-6-8-19(16)23-21(17)20(13)18-11-14(2)15(3)12-22(18)4/h3-16H,1-2H3;2*6-14H,1-5H3;5-14H,1-4H3;5-12H,1-4H3/q5*+1. The minimum Gasteiger partial charge on any atom is -0.455 e. The van der Waals surface area contributed by atoms with Crippen LogP contribution in [0.4, 0.5) is 0 Å². The maximum atomic E-state index is 6.31. The van der Waals surface area contributed by atoms with E-state index in [0.717, 1.165) is 77.9 Å². The molecular weight excluding hydrogens is 1520 g/mol. The minimum absolute atomic E-state index is 0.495. The van der Waals surface area contributed by atoms with Crippen molar-refractivity contribution in [2.75, 3.05) is 0 Å². The summed E-state index contributed by atoms with van der Waals surface area (Å²) >= 11 is 0. The second-order valence-corrected chi connectivity index (χ2v) is 34.8. The van der Waals surface area contributed by atoms with Crippen LogP contribution in [0.25, 0.3) is 177 Å². The van der Waals surface area contributed by atoms with Gasteiger partial charge in [0.2, 0.25) is 28.5 Å². The molecule has 10 heterocycles. The van der Waals surface area contributed by atoms with E-state index < -0.39 is 0 Å². The number of aromatic nitrogens is 5. The van der Waals surface area contributed by atoms with Crippen molar-refractivity contribution in [1.29, 1.82) is 0 Å². The number of aryl methyl sites for hydroxylation is 14. The molecule has 0 aliphatic carbocycles. The zero-order chi connectivity index (χ0) is 86.8. The van der Waals surface area contributed by atoms with Crippen LogP contribution >= 0.6 is 0 Å². The van der Waals surface area contributed by atoms with E-state index >= 15 is 0 Å². The van der Waals surface area contributed by atoms with Gasteiger partial charge in [0.05, 0.1) is 27.8 Å². The van der Waals surface area contributed by atoms with Gasteiger partial charge in [-0.3, -0.25) is 0 Å². The average molecular weight is 1630 g/mol. The van der Waals surface area contributed by atoms with Crippen molar-refractivity contribution in [2.45, 2.75) is 122 Å². The average Bonchev–Trinajstić information content (AvgIpc) is 1.62. The zero-order valence-corrected chi connectivity index (χ0v) is 75.1. The molecule has 0 unspecified atom stereocenters. The SMILES string of the molecule is Cc1c[n+](C)c(-c2c(C)ccc3c2oc2ccccc23)cc1C(C)C.Cc1cc(-c2c(C)ccc3c2oc2ccccc23)[n+](C)cc1C.Cc1cc(-c2c(C)ccc3c2oc2ccccc23)[n+](C)cc1C(C)C.Cc1ccc2c(oc3ccccc32)c1-c1cc(-c2ccccc2)cc[n+]1C.Cc1ccc2c(oc3ccccc32)c1-c1ccc(C(C)C)c[n+]1C. The van der Waals surface area contributed by atoms with Crippen LogP contribution in [0.1, 0.15) is 126 Å². The van der Waals surface area contributed by atoms with Gasteiger partial charge in [0.15, 0.2) is 31.0 Å². The van der Waals surface area contributed by atoms with Crippen LogP contribution < -0.4 is 22.8 Å². The fraction of sp³-hybridized carbons (Fsp3) is 0.202. The molecule has 0 fully saturated rings. The highest BCUT2D eigenvalue weighted by Crippen LogP contribution is 2.44. The molecule has 21 aromatic rings. The highest BCUT2D eigenvalue weighted by Gasteiger charge is 2.29. The number of pyridine rings is 5. The lowest BCUT2D eigenvalue weighted by Crippen LogP contribution is -2.32. The second kappa shape index (κ2) is 33.9. The topological polar surface area (TPSA) is 85.1 Å². The summed E-state index contributed by atoms with van der Waals surface area (Å²) in [6.45, 7) is 32.9. The van der Waals surface area contributed by atoms with Crippen molar-refractivity contribution in [2.24, 2.45) is 35.2 Å². The van der Waals surface area contributed by atoms with Crippen LogP contribution in [0.15, 0.2) is 308 Å². The van der Waals surface area contributed by atoms with Crippen LogP contribution in [0, 0.1) is 62.3 Å². The smallest absolute Gasteiger partial charge is 0.216 e. The molecule has 10 heteroatoms. The van der Waals surface area contributed by atoms with Crippen molar-refractivity contribution < 1.29 is 44.9 Å². The first-order chi connectivity index (χ1) is 59.8. The summed E-state index contributed by atoms with van der Waals surface area (Å²) in [6, 6.07) is 89.3. The normalized spacial score (nSPS) is 11.6. The minimum atomic E-state index is 0.495. The van der Waals surface area contributed by atoms with Gasteiger partial charge in [-0.05, 0) is 172 Å². The summed E-state index contributed by atoms with van der Waals surface area (Å²) in [5, 5.41) is 11.8. The third-order valence-electron chi connectivity index (χ3n) is 25.2. The van der Waals surface area contributed by atoms with Gasteiger partial charge < -0.3 is 22.1 Å². The number of benzene rings is 11. The van der Waals surface area contributed by atoms with Gasteiger partial charge in [-0.15, -0.1) is 0 Å². The Bertz CT molecular complexity index is 7710. The molecule has 0 aliphatic heterocycles. The van der Waals surface area contributed by atoms with Gasteiger partial charge >= 0.3 is 0 Å². The maximum Gasteiger partial charge on any atom is 0.216 e. The van der Waals surface area contributed by atoms with Crippen molar-refractivity contribution in [3.63, 3.8) is 0 Å². The zero-order valence-electron chi connectivity index (χ0n) is 75.1. The molecule has 10 nitrogen and oxygen atoms in total. The molecule has 616 valence electrons. The molecule has 11 aromatic carbocycles. The number of fused-ring (bicyclic) bond motifs is 15. The van der Waals surface area contributed by atoms with Crippen LogP contribution in [0.3, 0.4) is 0 Å². The molecule has 0 saturated heterocycles. The molecule has 124 heavy (non-hydrogen) atoms. The van der Waals surface area contributed by atoms with Crippen LogP contribution in [-0.2, 0) is 35.2 Å². The van der Waals surface area contributed by atoms with E-state index in [1.54, 1.807) is 0 Å². The summed E-state index contributed by atoms with van der Waals surface area (Å²) in [5.41, 5.74) is 39.4. The molecule has 0 aliphatic rings. The first-order valence-corrected chi connectivity index (χ1v) is 43.4. The molecule has 0 radical (unpaired) electrons. The van der Waals surface area contributed by atoms with E-state index in [1.807, 2.05) is 66.7 Å². The van der Waals surface area contributed by atoms with Gasteiger partial charge in [-0.1, -0.05) is 224 Å². The molecule has 0 N–H and O–H groups in total. The fourth-order valence-electron chi connectivity index (χ4n) is 18.3. The van der Waals surface area contributed by atoms with Gasteiger partial charge in [0.25, 0.3) is 0 Å². The van der Waals surface area contributed by atoms with E-state index in [9.17, 15) is 0 Å². The van der Waals surface area contributed by atoms with Crippen LogP contribution in [0.5, 0.6) is 0 Å². The van der Waals surface area contributed by atoms with Crippen molar-refractivity contribution in [3.8, 4) is 67.4 Å². The molecule has 0 saturated carbocycles. The summed E-state index contributed by atoms with van der Waals surface area (Å²) in [5.74, 6) is 1.53. The lowest BCUT2D eigenvalue weighted by molar-refractivity contribution is -0.661. The third kappa shape index (κ3) is 15.4. The highest BCUT2D eigenvalue weighted by atomic mass is 16.3. The van der Waals surface area contributed by atoms with E-state index in [-0.39, 0.29) is 0 Å². The van der Waals surface area contributed by atoms with Gasteiger partial charge in [0, 0.05) is 113 Å². The Labute approximate surface area is 726 Å². The lowest BCUT2D eigenvalue weighted by atomic mass is 9.94. The number of nitrogens with zero attached hydrogens (tertiary/aromatic N) is 5. The van der Waals surface area contributed by atoms with Crippen LogP contribution in [0.2, 0.25) is 0 Å². The Kier molecular flexibility index (Phi) is 22.5. The molecule has 0 spiro atoms. The fourth-order valence-corrected chi connectivity index (χ4v) is 18.3. The van der Waals surface area contributed by atoms with Crippen molar-refractivity contribution in [3.05, 3.63) is 353 Å². The first-order valence-electron chi connectivity index (χ1n) is 43.4. The summed E-state index contributed by atoms with van der Waals surface area (Å²) < 4.78 is 42.4. The monoisotopic (exact) mass is 1630 g/mol. The quantitative estimate of drug-likeness (QED) is 0.134. The predicted molar refractivity (Wildman–Crippen MR) is 512 cm³/mol. The Morgan fingerprint density at radius 2 is 0.524 bits per heavy atom. The van der Waals surface area contributed by atoms with E-state index in [2.05, 4.69) is 381 Å². The second-order valence-electron chi connectivity index (χ2n) is 34.8. The molecular formula is C114H110N5O5+5. The number of hydrogen-bond donors (Lipinski definition) is 0. The van der Waals surface area contributed by atoms with E-state index in [0.29, 0.717) is 17.8 Å². The Balaban J connectivity index is 0.000000110. The lowest BCUT2D eigenvalue weighted by Gasteiger charge is -2.12. The van der Waals surface area contributed by atoms with E-state index in [4.69, 9.17) is 22.1 Å². The van der Waals surface area contributed by atoms with Gasteiger partial charge in [0.1, 0.15) is 91.1 Å². The third-order valence-corrected chi connectivity index (χ3v) is 25.2. The Hall–Kier alpha value is -13.8. The maximum absolute atomic E-state index is 6.31. The highest BCUT2D eigenvalue weighted by molar-refractivity contribution is 6.14. The molecule has 0 amide bonds. The molecule has 0 bridgehead atoms. The number of para-hydroxylation sites is 5. The van der Waals surface area contributed by atoms with Crippen molar-refractivity contribution >= 4 is 110 Å². The predicted octanol–water partition coefficient (Wildman–Crippen LogP) is 28.2. The summed E-state index contributed by atoms with van der Waals surface area (Å²) in [4.78, 5) is 0.